The highest BCUT2D eigenvalue weighted by Crippen LogP contribution is 2.24. The van der Waals surface area contributed by atoms with Crippen LogP contribution in [0.15, 0.2) is 18.3 Å². The van der Waals surface area contributed by atoms with Gasteiger partial charge in [0, 0.05) is 13.2 Å². The van der Waals surface area contributed by atoms with Crippen LogP contribution in [0, 0.1) is 0 Å². The summed E-state index contributed by atoms with van der Waals surface area (Å²) in [6, 6.07) is 3.37. The van der Waals surface area contributed by atoms with Crippen molar-refractivity contribution in [2.75, 3.05) is 25.2 Å². The van der Waals surface area contributed by atoms with Gasteiger partial charge < -0.3 is 15.8 Å². The normalized spacial score (nSPS) is 10.1. The summed E-state index contributed by atoms with van der Waals surface area (Å²) in [6.45, 7) is 0. The highest BCUT2D eigenvalue weighted by atomic mass is 16.5. The van der Waals surface area contributed by atoms with Crippen molar-refractivity contribution in [3.8, 4) is 5.82 Å². The lowest BCUT2D eigenvalue weighted by Gasteiger charge is -2.01. The molecule has 2 aromatic heterocycles. The number of nitrogens with one attached hydrogen (secondary N) is 1. The van der Waals surface area contributed by atoms with Crippen LogP contribution < -0.4 is 11.1 Å². The summed E-state index contributed by atoms with van der Waals surface area (Å²) >= 11 is 0. The molecule has 8 heteroatoms. The predicted molar refractivity (Wildman–Crippen MR) is 64.5 cm³/mol. The monoisotopic (exact) mass is 248 g/mol. The van der Waals surface area contributed by atoms with Gasteiger partial charge in [0.2, 0.25) is 0 Å². The molecular formula is C10H12N6O2. The number of nitrogens with zero attached hydrogens (tertiary/aromatic N) is 4. The molecule has 3 N–H and O–H groups in total. The van der Waals surface area contributed by atoms with Crippen molar-refractivity contribution in [2.24, 2.45) is 0 Å². The number of nitrogen functional groups attached to an aromatic ring is 1. The molecule has 0 amide bonds. The van der Waals surface area contributed by atoms with E-state index in [1.165, 1.54) is 18.0 Å². The molecule has 2 aromatic rings. The number of carbonyl (C=O) groups excluding carboxylic acids is 1. The maximum absolute atomic E-state index is 11.6. The maximum Gasteiger partial charge on any atom is 0.345 e. The molecule has 0 saturated heterocycles. The van der Waals surface area contributed by atoms with Crippen LogP contribution >= 0.6 is 0 Å². The lowest BCUT2D eigenvalue weighted by molar-refractivity contribution is 0.0603. The number of aromatic nitrogens is 4. The molecule has 2 rings (SSSR count). The van der Waals surface area contributed by atoms with Crippen LogP contribution in [0.3, 0.4) is 0 Å². The van der Waals surface area contributed by atoms with Crippen molar-refractivity contribution < 1.29 is 9.53 Å². The Hall–Kier alpha value is -2.64. The van der Waals surface area contributed by atoms with E-state index in [0.717, 1.165) is 0 Å². The van der Waals surface area contributed by atoms with Crippen molar-refractivity contribution in [1.29, 1.82) is 0 Å². The molecule has 0 saturated carbocycles. The lowest BCUT2D eigenvalue weighted by Crippen LogP contribution is -2.09. The Morgan fingerprint density at radius 3 is 2.89 bits per heavy atom. The number of ether oxygens (including phenoxy) is 1. The fourth-order valence-corrected chi connectivity index (χ4v) is 1.49. The van der Waals surface area contributed by atoms with E-state index in [2.05, 4.69) is 25.3 Å². The van der Waals surface area contributed by atoms with Gasteiger partial charge in [0.15, 0.2) is 11.6 Å². The zero-order chi connectivity index (χ0) is 13.1. The van der Waals surface area contributed by atoms with E-state index in [4.69, 9.17) is 5.73 Å². The molecular weight excluding hydrogens is 236 g/mol. The molecule has 0 aliphatic heterocycles. The summed E-state index contributed by atoms with van der Waals surface area (Å²) in [6.07, 6.45) is 1.53. The summed E-state index contributed by atoms with van der Waals surface area (Å²) in [5, 5.41) is 14.5. The van der Waals surface area contributed by atoms with Crippen LogP contribution in [0.1, 0.15) is 10.4 Å². The quantitative estimate of drug-likeness (QED) is 0.740. The first kappa shape index (κ1) is 11.8. The summed E-state index contributed by atoms with van der Waals surface area (Å²) in [5.74, 6) is 0.324. The van der Waals surface area contributed by atoms with Crippen molar-refractivity contribution in [3.05, 3.63) is 23.9 Å². The van der Waals surface area contributed by atoms with Gasteiger partial charge in [0.25, 0.3) is 0 Å². The number of methoxy groups -OCH3 is 1. The molecule has 8 nitrogen and oxygen atoms in total. The van der Waals surface area contributed by atoms with E-state index in [-0.39, 0.29) is 11.4 Å². The first-order valence-electron chi connectivity index (χ1n) is 5.11. The summed E-state index contributed by atoms with van der Waals surface area (Å²) in [5.41, 5.74) is 6.05. The highest BCUT2D eigenvalue weighted by Gasteiger charge is 2.23. The van der Waals surface area contributed by atoms with E-state index >= 15 is 0 Å². The fraction of sp³-hybridized carbons (Fsp3) is 0.200. The van der Waals surface area contributed by atoms with Gasteiger partial charge in [-0.05, 0) is 12.1 Å². The van der Waals surface area contributed by atoms with Crippen LogP contribution in [0.4, 0.5) is 11.6 Å². The Morgan fingerprint density at radius 1 is 1.56 bits per heavy atom. The zero-order valence-electron chi connectivity index (χ0n) is 9.91. The van der Waals surface area contributed by atoms with Crippen molar-refractivity contribution >= 4 is 17.6 Å². The van der Waals surface area contributed by atoms with Crippen LogP contribution in [0.5, 0.6) is 0 Å². The molecule has 0 fully saturated rings. The molecule has 0 bridgehead atoms. The third kappa shape index (κ3) is 1.83. The van der Waals surface area contributed by atoms with Crippen molar-refractivity contribution in [1.82, 2.24) is 20.0 Å². The Morgan fingerprint density at radius 2 is 2.33 bits per heavy atom. The van der Waals surface area contributed by atoms with Crippen LogP contribution in [0.2, 0.25) is 0 Å². The smallest absolute Gasteiger partial charge is 0.345 e. The van der Waals surface area contributed by atoms with Gasteiger partial charge in [0.05, 0.1) is 7.11 Å². The molecule has 0 unspecified atom stereocenters. The minimum Gasteiger partial charge on any atom is -0.465 e. The Kier molecular flexibility index (Phi) is 3.09. The van der Waals surface area contributed by atoms with E-state index in [0.29, 0.717) is 11.6 Å². The maximum atomic E-state index is 11.6. The number of hydrogen-bond donors (Lipinski definition) is 2. The van der Waals surface area contributed by atoms with Crippen LogP contribution in [0.25, 0.3) is 5.82 Å². The number of carbonyl (C=O) groups is 1. The second kappa shape index (κ2) is 4.70. The topological polar surface area (TPSA) is 108 Å². The largest absolute Gasteiger partial charge is 0.465 e. The third-order valence-corrected chi connectivity index (χ3v) is 2.32. The molecule has 0 aromatic carbocycles. The standard InChI is InChI=1S/C10H12N6O2/c1-12-9-7(10(17)18-2)8(11)16(15-9)6-4-3-5-13-14-6/h3-5H,11H2,1-2H3,(H,12,15). The van der Waals surface area contributed by atoms with Crippen molar-refractivity contribution in [3.63, 3.8) is 0 Å². The Bertz CT molecular complexity index is 565. The Labute approximate surface area is 103 Å². The second-order valence-corrected chi connectivity index (χ2v) is 3.34. The third-order valence-electron chi connectivity index (χ3n) is 2.32. The van der Waals surface area contributed by atoms with Gasteiger partial charge in [0.1, 0.15) is 11.4 Å². The molecule has 0 radical (unpaired) electrons. The van der Waals surface area contributed by atoms with Gasteiger partial charge in [-0.2, -0.15) is 9.78 Å². The minimum atomic E-state index is -0.563. The summed E-state index contributed by atoms with van der Waals surface area (Å²) in [4.78, 5) is 11.6. The molecule has 0 spiro atoms. The first-order chi connectivity index (χ1) is 8.69. The minimum absolute atomic E-state index is 0.145. The molecule has 0 atom stereocenters. The molecule has 0 aliphatic rings. The van der Waals surface area contributed by atoms with Gasteiger partial charge in [-0.1, -0.05) is 0 Å². The average molecular weight is 248 g/mol. The van der Waals surface area contributed by atoms with Crippen LogP contribution in [-0.4, -0.2) is 40.1 Å². The van der Waals surface area contributed by atoms with Gasteiger partial charge in [-0.3, -0.25) is 0 Å². The number of hydrogen-bond acceptors (Lipinski definition) is 7. The summed E-state index contributed by atoms with van der Waals surface area (Å²) < 4.78 is 5.98. The van der Waals surface area contributed by atoms with Crippen LogP contribution in [-0.2, 0) is 4.74 Å². The average Bonchev–Trinajstić information content (AvgIpc) is 2.76. The highest BCUT2D eigenvalue weighted by molar-refractivity contribution is 5.99. The van der Waals surface area contributed by atoms with E-state index < -0.39 is 5.97 Å². The van der Waals surface area contributed by atoms with Gasteiger partial charge in [-0.25, -0.2) is 4.79 Å². The molecule has 0 aliphatic carbocycles. The SMILES string of the molecule is CNc1nn(-c2cccnn2)c(N)c1C(=O)OC. The van der Waals surface area contributed by atoms with E-state index in [1.807, 2.05) is 0 Å². The second-order valence-electron chi connectivity index (χ2n) is 3.34. The van der Waals surface area contributed by atoms with E-state index in [1.54, 1.807) is 19.2 Å². The molecule has 2 heterocycles. The fourth-order valence-electron chi connectivity index (χ4n) is 1.49. The predicted octanol–water partition coefficient (Wildman–Crippen LogP) is 0.0728. The lowest BCUT2D eigenvalue weighted by atomic mass is 10.3. The zero-order valence-corrected chi connectivity index (χ0v) is 9.91. The first-order valence-corrected chi connectivity index (χ1v) is 5.11. The molecule has 94 valence electrons. The molecule has 18 heavy (non-hydrogen) atoms. The van der Waals surface area contributed by atoms with E-state index in [9.17, 15) is 4.79 Å². The number of nitrogens with two attached hydrogens (primary N) is 1. The summed E-state index contributed by atoms with van der Waals surface area (Å²) in [7, 11) is 2.91. The van der Waals surface area contributed by atoms with Crippen molar-refractivity contribution in [2.45, 2.75) is 0 Å². The number of rotatable bonds is 3. The van der Waals surface area contributed by atoms with Gasteiger partial charge >= 0.3 is 5.97 Å². The number of esters is 1. The van der Waals surface area contributed by atoms with Gasteiger partial charge in [-0.15, -0.1) is 10.2 Å². The number of anilines is 2. The Balaban J connectivity index is 2.58.